The van der Waals surface area contributed by atoms with E-state index in [-0.39, 0.29) is 23.6 Å². The summed E-state index contributed by atoms with van der Waals surface area (Å²) in [6.07, 6.45) is 0.260. The summed E-state index contributed by atoms with van der Waals surface area (Å²) in [5.74, 6) is -1.51. The zero-order valence-electron chi connectivity index (χ0n) is 11.8. The molecule has 0 aliphatic rings. The molecule has 0 saturated heterocycles. The number of benzene rings is 1. The number of ether oxygens (including phenoxy) is 1. The number of halogens is 1. The Morgan fingerprint density at radius 1 is 1.35 bits per heavy atom. The highest BCUT2D eigenvalue weighted by atomic mass is 19.1. The molecule has 0 atom stereocenters. The number of hydrogen-bond acceptors (Lipinski definition) is 4. The molecular weight excluding hydrogens is 263 g/mol. The molecule has 0 fully saturated rings. The molecule has 20 heavy (non-hydrogen) atoms. The highest BCUT2D eigenvalue weighted by Crippen LogP contribution is 2.18. The average Bonchev–Trinajstić information content (AvgIpc) is 2.39. The van der Waals surface area contributed by atoms with Gasteiger partial charge in [0.25, 0.3) is 0 Å². The quantitative estimate of drug-likeness (QED) is 0.782. The first-order valence-corrected chi connectivity index (χ1v) is 6.35. The third-order valence-corrected chi connectivity index (χ3v) is 2.57. The number of anilines is 1. The molecular formula is C14H19FN2O3. The Balaban J connectivity index is 2.71. The molecule has 5 nitrogen and oxygen atoms in total. The molecule has 0 heterocycles. The number of amides is 1. The number of carbonyl (C=O) groups is 2. The first-order chi connectivity index (χ1) is 9.43. The fourth-order valence-electron chi connectivity index (χ4n) is 1.59. The van der Waals surface area contributed by atoms with E-state index < -0.39 is 11.8 Å². The summed E-state index contributed by atoms with van der Waals surface area (Å²) in [6.45, 7) is 4.48. The zero-order chi connectivity index (χ0) is 15.1. The van der Waals surface area contributed by atoms with Crippen LogP contribution in [0.2, 0.25) is 0 Å². The molecule has 2 N–H and O–H groups in total. The van der Waals surface area contributed by atoms with Gasteiger partial charge in [-0.25, -0.2) is 9.18 Å². The summed E-state index contributed by atoms with van der Waals surface area (Å²) >= 11 is 0. The van der Waals surface area contributed by atoms with Crippen LogP contribution in [-0.2, 0) is 9.53 Å². The SMILES string of the molecule is COC(=O)c1cc(F)ccc1NC(=O)CCNC(C)C. The maximum Gasteiger partial charge on any atom is 0.340 e. The lowest BCUT2D eigenvalue weighted by Crippen LogP contribution is -2.27. The van der Waals surface area contributed by atoms with Gasteiger partial charge in [-0.3, -0.25) is 4.79 Å². The van der Waals surface area contributed by atoms with Gasteiger partial charge in [0, 0.05) is 19.0 Å². The van der Waals surface area contributed by atoms with Crippen molar-refractivity contribution in [3.05, 3.63) is 29.6 Å². The normalized spacial score (nSPS) is 10.4. The van der Waals surface area contributed by atoms with Crippen molar-refractivity contribution in [1.82, 2.24) is 5.32 Å². The smallest absolute Gasteiger partial charge is 0.340 e. The standard InChI is InChI=1S/C14H19FN2O3/c1-9(2)16-7-6-13(18)17-12-5-4-10(15)8-11(12)14(19)20-3/h4-5,8-9,16H,6-7H2,1-3H3,(H,17,18). The van der Waals surface area contributed by atoms with Crippen LogP contribution in [0.25, 0.3) is 0 Å². The Morgan fingerprint density at radius 3 is 2.65 bits per heavy atom. The van der Waals surface area contributed by atoms with Gasteiger partial charge in [0.1, 0.15) is 5.82 Å². The summed E-state index contributed by atoms with van der Waals surface area (Å²) in [5.41, 5.74) is 0.241. The summed E-state index contributed by atoms with van der Waals surface area (Å²) in [4.78, 5) is 23.3. The van der Waals surface area contributed by atoms with Crippen LogP contribution in [0.5, 0.6) is 0 Å². The fourth-order valence-corrected chi connectivity index (χ4v) is 1.59. The minimum atomic E-state index is -0.694. The fraction of sp³-hybridized carbons (Fsp3) is 0.429. The van der Waals surface area contributed by atoms with Crippen LogP contribution in [0.1, 0.15) is 30.6 Å². The molecule has 1 rings (SSSR count). The van der Waals surface area contributed by atoms with Crippen LogP contribution in [0.3, 0.4) is 0 Å². The minimum Gasteiger partial charge on any atom is -0.465 e. The third kappa shape index (κ3) is 4.97. The van der Waals surface area contributed by atoms with E-state index >= 15 is 0 Å². The van der Waals surface area contributed by atoms with Gasteiger partial charge >= 0.3 is 5.97 Å². The number of nitrogens with one attached hydrogen (secondary N) is 2. The zero-order valence-corrected chi connectivity index (χ0v) is 11.8. The number of carbonyl (C=O) groups excluding carboxylic acids is 2. The summed E-state index contributed by atoms with van der Waals surface area (Å²) in [7, 11) is 1.20. The number of rotatable bonds is 6. The number of esters is 1. The Hall–Kier alpha value is -1.95. The molecule has 0 saturated carbocycles. The Labute approximate surface area is 117 Å². The molecule has 0 aliphatic carbocycles. The second kappa shape index (κ2) is 7.59. The number of hydrogen-bond donors (Lipinski definition) is 2. The lowest BCUT2D eigenvalue weighted by molar-refractivity contribution is -0.116. The van der Waals surface area contributed by atoms with Crippen molar-refractivity contribution in [2.24, 2.45) is 0 Å². The first-order valence-electron chi connectivity index (χ1n) is 6.35. The van der Waals surface area contributed by atoms with Crippen molar-refractivity contribution >= 4 is 17.6 Å². The predicted octanol–water partition coefficient (Wildman–Crippen LogP) is 1.94. The largest absolute Gasteiger partial charge is 0.465 e. The van der Waals surface area contributed by atoms with E-state index in [0.717, 1.165) is 6.07 Å². The van der Waals surface area contributed by atoms with E-state index in [4.69, 9.17) is 0 Å². The molecule has 0 unspecified atom stereocenters. The highest BCUT2D eigenvalue weighted by molar-refractivity contribution is 6.01. The van der Waals surface area contributed by atoms with E-state index in [0.29, 0.717) is 12.6 Å². The lowest BCUT2D eigenvalue weighted by Gasteiger charge is -2.11. The molecule has 0 radical (unpaired) electrons. The van der Waals surface area contributed by atoms with Gasteiger partial charge < -0.3 is 15.4 Å². The van der Waals surface area contributed by atoms with Crippen molar-refractivity contribution in [3.63, 3.8) is 0 Å². The topological polar surface area (TPSA) is 67.4 Å². The van der Waals surface area contributed by atoms with Crippen LogP contribution in [0.4, 0.5) is 10.1 Å². The molecule has 0 aliphatic heterocycles. The summed E-state index contributed by atoms with van der Waals surface area (Å²) in [6, 6.07) is 3.84. The van der Waals surface area contributed by atoms with Crippen molar-refractivity contribution in [3.8, 4) is 0 Å². The van der Waals surface area contributed by atoms with Crippen LogP contribution in [-0.4, -0.2) is 31.6 Å². The van der Waals surface area contributed by atoms with Gasteiger partial charge in [-0.1, -0.05) is 13.8 Å². The van der Waals surface area contributed by atoms with E-state index in [2.05, 4.69) is 15.4 Å². The van der Waals surface area contributed by atoms with E-state index in [9.17, 15) is 14.0 Å². The van der Waals surface area contributed by atoms with Gasteiger partial charge in [-0.05, 0) is 18.2 Å². The predicted molar refractivity (Wildman–Crippen MR) is 74.1 cm³/mol. The van der Waals surface area contributed by atoms with Crippen molar-refractivity contribution in [1.29, 1.82) is 0 Å². The van der Waals surface area contributed by atoms with Crippen LogP contribution >= 0.6 is 0 Å². The molecule has 0 aromatic heterocycles. The summed E-state index contributed by atoms with van der Waals surface area (Å²) < 4.78 is 17.7. The minimum absolute atomic E-state index is 0.00216. The van der Waals surface area contributed by atoms with Gasteiger partial charge in [0.15, 0.2) is 0 Å². The summed E-state index contributed by atoms with van der Waals surface area (Å²) in [5, 5.41) is 5.69. The lowest BCUT2D eigenvalue weighted by atomic mass is 10.1. The van der Waals surface area contributed by atoms with E-state index in [1.807, 2.05) is 13.8 Å². The molecule has 0 bridgehead atoms. The van der Waals surface area contributed by atoms with Gasteiger partial charge in [-0.2, -0.15) is 0 Å². The average molecular weight is 282 g/mol. The maximum absolute atomic E-state index is 13.1. The van der Waals surface area contributed by atoms with E-state index in [1.165, 1.54) is 19.2 Å². The van der Waals surface area contributed by atoms with Crippen molar-refractivity contribution < 1.29 is 18.7 Å². The highest BCUT2D eigenvalue weighted by Gasteiger charge is 2.15. The first kappa shape index (κ1) is 16.1. The van der Waals surface area contributed by atoms with Crippen molar-refractivity contribution in [2.75, 3.05) is 19.0 Å². The molecule has 110 valence electrons. The van der Waals surface area contributed by atoms with Gasteiger partial charge in [0.05, 0.1) is 18.4 Å². The molecule has 1 amide bonds. The Morgan fingerprint density at radius 2 is 2.05 bits per heavy atom. The molecule has 6 heteroatoms. The maximum atomic E-state index is 13.1. The van der Waals surface area contributed by atoms with Gasteiger partial charge in [-0.15, -0.1) is 0 Å². The molecule has 1 aromatic rings. The van der Waals surface area contributed by atoms with Crippen molar-refractivity contribution in [2.45, 2.75) is 26.3 Å². The number of methoxy groups -OCH3 is 1. The molecule has 1 aromatic carbocycles. The Bertz CT molecular complexity index is 489. The van der Waals surface area contributed by atoms with Crippen LogP contribution < -0.4 is 10.6 Å². The second-order valence-electron chi connectivity index (χ2n) is 4.59. The molecule has 0 spiro atoms. The van der Waals surface area contributed by atoms with Crippen LogP contribution in [0.15, 0.2) is 18.2 Å². The van der Waals surface area contributed by atoms with Gasteiger partial charge in [0.2, 0.25) is 5.91 Å². The monoisotopic (exact) mass is 282 g/mol. The van der Waals surface area contributed by atoms with Crippen LogP contribution in [0, 0.1) is 5.82 Å². The third-order valence-electron chi connectivity index (χ3n) is 2.57. The second-order valence-corrected chi connectivity index (χ2v) is 4.59. The van der Waals surface area contributed by atoms with E-state index in [1.54, 1.807) is 0 Å². The Kier molecular flexibility index (Phi) is 6.11.